The Morgan fingerprint density at radius 1 is 0.435 bits per heavy atom. The second-order valence-electron chi connectivity index (χ2n) is 11.5. The van der Waals surface area contributed by atoms with Gasteiger partial charge in [-0.15, -0.1) is 0 Å². The van der Waals surface area contributed by atoms with Crippen LogP contribution in [-0.4, -0.2) is 92.5 Å². The van der Waals surface area contributed by atoms with Crippen LogP contribution < -0.4 is 9.47 Å². The van der Waals surface area contributed by atoms with Crippen molar-refractivity contribution >= 4 is 0 Å². The number of benzene rings is 2. The van der Waals surface area contributed by atoms with E-state index >= 15 is 0 Å². The van der Waals surface area contributed by atoms with Crippen molar-refractivity contribution < 1.29 is 56.8 Å². The quantitative estimate of drug-likeness (QED) is 0.249. The monoisotopic (exact) mass is 646 g/mol. The Morgan fingerprint density at radius 2 is 0.717 bits per heavy atom. The first kappa shape index (κ1) is 33.5. The van der Waals surface area contributed by atoms with Crippen molar-refractivity contribution in [2.24, 2.45) is 0 Å². The third kappa shape index (κ3) is 8.75. The molecule has 4 saturated heterocycles. The van der Waals surface area contributed by atoms with Crippen LogP contribution in [0.5, 0.6) is 11.5 Å². The largest absolute Gasteiger partial charge is 0.490 e. The lowest BCUT2D eigenvalue weighted by Gasteiger charge is -2.24. The van der Waals surface area contributed by atoms with Crippen LogP contribution in [0.1, 0.15) is 71.4 Å². The maximum atomic E-state index is 6.29. The van der Waals surface area contributed by atoms with Gasteiger partial charge >= 0.3 is 0 Å². The summed E-state index contributed by atoms with van der Waals surface area (Å²) in [6.45, 7) is 10.8. The summed E-state index contributed by atoms with van der Waals surface area (Å²) < 4.78 is 71.0. The molecule has 0 N–H and O–H groups in total. The van der Waals surface area contributed by atoms with Gasteiger partial charge in [-0.3, -0.25) is 0 Å². The SMILES string of the molecule is Cc1cc(C2OCCCCO2)c(OCCOCCOCCOc2c(C3OCCO3)cc(C)cc2C2OCCO2)c(C2OCCO2)c1. The zero-order valence-corrected chi connectivity index (χ0v) is 26.8. The first-order valence-electron chi connectivity index (χ1n) is 16.3. The van der Waals surface area contributed by atoms with Gasteiger partial charge in [-0.2, -0.15) is 0 Å². The summed E-state index contributed by atoms with van der Waals surface area (Å²) in [4.78, 5) is 0. The van der Waals surface area contributed by atoms with Crippen molar-refractivity contribution in [3.05, 3.63) is 57.6 Å². The summed E-state index contributed by atoms with van der Waals surface area (Å²) in [5, 5.41) is 0. The van der Waals surface area contributed by atoms with E-state index in [0.29, 0.717) is 104 Å². The van der Waals surface area contributed by atoms with Gasteiger partial charge in [0.15, 0.2) is 25.2 Å². The van der Waals surface area contributed by atoms with E-state index in [9.17, 15) is 0 Å². The molecule has 4 fully saturated rings. The van der Waals surface area contributed by atoms with Crippen LogP contribution in [0, 0.1) is 13.8 Å². The minimum atomic E-state index is -0.502. The predicted octanol–water partition coefficient (Wildman–Crippen LogP) is 4.76. The molecule has 4 aliphatic heterocycles. The standard InChI is InChI=1S/C34H46O12/c1-23-19-25(31-39-5-3-4-6-40-31)29(26(20-23)32-41-13-14-42-32)37-11-9-35-7-8-36-10-12-38-30-27(33-43-15-16-44-33)21-24(2)22-28(30)34-45-17-18-46-34/h19-22,31-34H,3-18H2,1-2H3. The molecule has 2 aromatic rings. The summed E-state index contributed by atoms with van der Waals surface area (Å²) in [7, 11) is 0. The fraction of sp³-hybridized carbons (Fsp3) is 0.647. The van der Waals surface area contributed by atoms with E-state index in [0.717, 1.165) is 46.2 Å². The normalized spacial score (nSPS) is 20.5. The van der Waals surface area contributed by atoms with Crippen LogP contribution in [0.4, 0.5) is 0 Å². The highest BCUT2D eigenvalue weighted by Gasteiger charge is 2.31. The van der Waals surface area contributed by atoms with Gasteiger partial charge in [-0.05, 0) is 62.1 Å². The molecule has 12 nitrogen and oxygen atoms in total. The Balaban J connectivity index is 0.967. The molecule has 254 valence electrons. The summed E-state index contributed by atoms with van der Waals surface area (Å²) >= 11 is 0. The molecule has 2 aromatic carbocycles. The van der Waals surface area contributed by atoms with Gasteiger partial charge in [0, 0.05) is 0 Å². The third-order valence-electron chi connectivity index (χ3n) is 7.86. The van der Waals surface area contributed by atoms with Gasteiger partial charge in [0.1, 0.15) is 24.7 Å². The first-order valence-corrected chi connectivity index (χ1v) is 16.3. The highest BCUT2D eigenvalue weighted by atomic mass is 16.7. The number of aryl methyl sites for hydroxylation is 2. The van der Waals surface area contributed by atoms with E-state index in [1.165, 1.54) is 0 Å². The second kappa shape index (κ2) is 17.2. The molecule has 12 heteroatoms. The Morgan fingerprint density at radius 3 is 1.04 bits per heavy atom. The molecule has 0 aliphatic carbocycles. The molecule has 0 atom stereocenters. The number of ether oxygens (including phenoxy) is 12. The fourth-order valence-electron chi connectivity index (χ4n) is 5.85. The average Bonchev–Trinajstić information content (AvgIpc) is 3.86. The van der Waals surface area contributed by atoms with E-state index in [1.807, 2.05) is 38.1 Å². The maximum Gasteiger partial charge on any atom is 0.187 e. The smallest absolute Gasteiger partial charge is 0.187 e. The van der Waals surface area contributed by atoms with Crippen molar-refractivity contribution in [3.63, 3.8) is 0 Å². The van der Waals surface area contributed by atoms with Crippen molar-refractivity contribution in [1.82, 2.24) is 0 Å². The topological polar surface area (TPSA) is 111 Å². The lowest BCUT2D eigenvalue weighted by Crippen LogP contribution is -2.17. The molecule has 0 aromatic heterocycles. The van der Waals surface area contributed by atoms with Crippen molar-refractivity contribution in [2.75, 3.05) is 92.5 Å². The van der Waals surface area contributed by atoms with Crippen LogP contribution in [-0.2, 0) is 47.4 Å². The molecule has 0 saturated carbocycles. The molecule has 0 bridgehead atoms. The predicted molar refractivity (Wildman–Crippen MR) is 163 cm³/mol. The highest BCUT2D eigenvalue weighted by molar-refractivity contribution is 5.47. The summed E-state index contributed by atoms with van der Waals surface area (Å²) in [5.41, 5.74) is 5.45. The molecule has 4 aliphatic rings. The van der Waals surface area contributed by atoms with E-state index in [1.54, 1.807) is 0 Å². The molecule has 0 radical (unpaired) electrons. The molecule has 0 spiro atoms. The second-order valence-corrected chi connectivity index (χ2v) is 11.5. The lowest BCUT2D eigenvalue weighted by atomic mass is 10.0. The van der Waals surface area contributed by atoms with Crippen LogP contribution in [0.15, 0.2) is 24.3 Å². The zero-order chi connectivity index (χ0) is 31.6. The van der Waals surface area contributed by atoms with Gasteiger partial charge in [0.2, 0.25) is 0 Å². The van der Waals surface area contributed by atoms with Crippen LogP contribution in [0.25, 0.3) is 0 Å². The first-order chi connectivity index (χ1) is 22.7. The Labute approximate surface area is 270 Å². The van der Waals surface area contributed by atoms with E-state index in [-0.39, 0.29) is 0 Å². The van der Waals surface area contributed by atoms with Crippen LogP contribution in [0.2, 0.25) is 0 Å². The third-order valence-corrected chi connectivity index (χ3v) is 7.86. The fourth-order valence-corrected chi connectivity index (χ4v) is 5.85. The van der Waals surface area contributed by atoms with Crippen LogP contribution in [0.3, 0.4) is 0 Å². The zero-order valence-electron chi connectivity index (χ0n) is 26.8. The van der Waals surface area contributed by atoms with Gasteiger partial charge in [-0.1, -0.05) is 0 Å². The Kier molecular flexibility index (Phi) is 12.5. The van der Waals surface area contributed by atoms with E-state index in [2.05, 4.69) is 0 Å². The minimum Gasteiger partial charge on any atom is -0.490 e. The molecule has 0 amide bonds. The highest BCUT2D eigenvalue weighted by Crippen LogP contribution is 2.41. The van der Waals surface area contributed by atoms with Crippen molar-refractivity contribution in [1.29, 1.82) is 0 Å². The molecular formula is C34H46O12. The lowest BCUT2D eigenvalue weighted by molar-refractivity contribution is -0.131. The number of hydrogen-bond acceptors (Lipinski definition) is 12. The van der Waals surface area contributed by atoms with Crippen LogP contribution >= 0.6 is 0 Å². The molecule has 6 rings (SSSR count). The Bertz CT molecular complexity index is 1190. The maximum absolute atomic E-state index is 6.29. The minimum absolute atomic E-state index is 0.335. The van der Waals surface area contributed by atoms with Gasteiger partial charge in [-0.25, -0.2) is 0 Å². The summed E-state index contributed by atoms with van der Waals surface area (Å²) in [6, 6.07) is 8.12. The molecule has 4 heterocycles. The van der Waals surface area contributed by atoms with E-state index in [4.69, 9.17) is 56.8 Å². The molecular weight excluding hydrogens is 600 g/mol. The average molecular weight is 647 g/mol. The van der Waals surface area contributed by atoms with Crippen molar-refractivity contribution in [2.45, 2.75) is 51.8 Å². The van der Waals surface area contributed by atoms with Gasteiger partial charge in [0.05, 0.1) is 102 Å². The number of hydrogen-bond donors (Lipinski definition) is 0. The summed E-state index contributed by atoms with van der Waals surface area (Å²) in [6.07, 6.45) is -0.0268. The molecule has 46 heavy (non-hydrogen) atoms. The van der Waals surface area contributed by atoms with E-state index < -0.39 is 25.2 Å². The summed E-state index contributed by atoms with van der Waals surface area (Å²) in [5.74, 6) is 1.32. The van der Waals surface area contributed by atoms with Gasteiger partial charge in [0.25, 0.3) is 0 Å². The Hall–Kier alpha value is -2.36. The molecule has 0 unspecified atom stereocenters. The van der Waals surface area contributed by atoms with Gasteiger partial charge < -0.3 is 56.8 Å². The number of rotatable bonds is 15. The van der Waals surface area contributed by atoms with Crippen molar-refractivity contribution in [3.8, 4) is 11.5 Å².